The van der Waals surface area contributed by atoms with Crippen LogP contribution in [0.25, 0.3) is 10.8 Å². The summed E-state index contributed by atoms with van der Waals surface area (Å²) in [6.45, 7) is 0. The molecule has 22 heavy (non-hydrogen) atoms. The Labute approximate surface area is 129 Å². The van der Waals surface area contributed by atoms with Crippen LogP contribution in [-0.4, -0.2) is 5.91 Å². The first kappa shape index (κ1) is 13.9. The molecule has 3 rings (SSSR count). The van der Waals surface area contributed by atoms with E-state index in [4.69, 9.17) is 6.42 Å². The van der Waals surface area contributed by atoms with E-state index >= 15 is 0 Å². The Bertz CT molecular complexity index is 841. The van der Waals surface area contributed by atoms with Gasteiger partial charge in [0.05, 0.1) is 0 Å². The number of rotatable bonds is 3. The first-order chi connectivity index (χ1) is 10.8. The number of carbonyl (C=O) groups excluding carboxylic acids is 1. The molecule has 3 aromatic rings. The number of fused-ring (bicyclic) bond motifs is 1. The number of benzene rings is 3. The van der Waals surface area contributed by atoms with E-state index in [0.717, 1.165) is 16.3 Å². The van der Waals surface area contributed by atoms with Crippen molar-refractivity contribution < 1.29 is 4.79 Å². The molecule has 1 unspecified atom stereocenters. The summed E-state index contributed by atoms with van der Waals surface area (Å²) in [6, 6.07) is 22.6. The van der Waals surface area contributed by atoms with Crippen LogP contribution < -0.4 is 5.32 Å². The Morgan fingerprint density at radius 2 is 1.59 bits per heavy atom. The highest BCUT2D eigenvalue weighted by Gasteiger charge is 2.15. The van der Waals surface area contributed by atoms with Crippen molar-refractivity contribution in [3.8, 4) is 12.3 Å². The molecular formula is C20H15NO. The largest absolute Gasteiger partial charge is 0.334 e. The van der Waals surface area contributed by atoms with Crippen molar-refractivity contribution in [1.82, 2.24) is 5.32 Å². The molecule has 1 amide bonds. The molecule has 0 aliphatic rings. The molecule has 0 heterocycles. The zero-order valence-corrected chi connectivity index (χ0v) is 12.0. The van der Waals surface area contributed by atoms with Gasteiger partial charge < -0.3 is 5.32 Å². The van der Waals surface area contributed by atoms with Crippen molar-refractivity contribution >= 4 is 16.7 Å². The molecule has 0 aliphatic carbocycles. The number of hydrogen-bond donors (Lipinski definition) is 1. The Balaban J connectivity index is 1.94. The zero-order chi connectivity index (χ0) is 15.4. The lowest BCUT2D eigenvalue weighted by Crippen LogP contribution is -2.27. The predicted molar refractivity (Wildman–Crippen MR) is 89.4 cm³/mol. The third-order valence-electron chi connectivity index (χ3n) is 3.61. The third kappa shape index (κ3) is 2.70. The van der Waals surface area contributed by atoms with Crippen LogP contribution in [0.2, 0.25) is 0 Å². The molecule has 1 atom stereocenters. The quantitative estimate of drug-likeness (QED) is 0.725. The van der Waals surface area contributed by atoms with Crippen molar-refractivity contribution in [3.05, 3.63) is 83.9 Å². The van der Waals surface area contributed by atoms with Gasteiger partial charge in [-0.25, -0.2) is 0 Å². The van der Waals surface area contributed by atoms with Gasteiger partial charge >= 0.3 is 0 Å². The monoisotopic (exact) mass is 285 g/mol. The molecule has 0 spiro atoms. The highest BCUT2D eigenvalue weighted by Crippen LogP contribution is 2.24. The third-order valence-corrected chi connectivity index (χ3v) is 3.61. The maximum Gasteiger partial charge on any atom is 0.252 e. The van der Waals surface area contributed by atoms with Gasteiger partial charge in [0.15, 0.2) is 0 Å². The first-order valence-corrected chi connectivity index (χ1v) is 7.09. The van der Waals surface area contributed by atoms with Crippen LogP contribution in [0.3, 0.4) is 0 Å². The maximum atomic E-state index is 12.3. The van der Waals surface area contributed by atoms with Gasteiger partial charge in [0.25, 0.3) is 5.91 Å². The van der Waals surface area contributed by atoms with Gasteiger partial charge in [0.1, 0.15) is 6.04 Å². The van der Waals surface area contributed by atoms with Crippen LogP contribution in [0, 0.1) is 12.3 Å². The molecular weight excluding hydrogens is 270 g/mol. The second-order valence-electron chi connectivity index (χ2n) is 5.01. The van der Waals surface area contributed by atoms with E-state index in [1.807, 2.05) is 60.7 Å². The number of hydrogen-bond acceptors (Lipinski definition) is 1. The topological polar surface area (TPSA) is 29.1 Å². The molecule has 0 saturated heterocycles. The molecule has 0 fully saturated rings. The molecule has 0 aromatic heterocycles. The van der Waals surface area contributed by atoms with Crippen molar-refractivity contribution in [2.75, 3.05) is 0 Å². The van der Waals surface area contributed by atoms with Gasteiger partial charge in [-0.2, -0.15) is 0 Å². The average Bonchev–Trinajstić information content (AvgIpc) is 2.60. The van der Waals surface area contributed by atoms with Crippen LogP contribution in [0.4, 0.5) is 0 Å². The molecule has 0 bridgehead atoms. The summed E-state index contributed by atoms with van der Waals surface area (Å²) in [7, 11) is 0. The molecule has 3 aromatic carbocycles. The Kier molecular flexibility index (Phi) is 3.89. The second-order valence-corrected chi connectivity index (χ2v) is 5.01. The summed E-state index contributed by atoms with van der Waals surface area (Å²) < 4.78 is 0. The smallest absolute Gasteiger partial charge is 0.252 e. The van der Waals surface area contributed by atoms with Gasteiger partial charge in [-0.15, -0.1) is 6.42 Å². The van der Waals surface area contributed by atoms with E-state index in [1.54, 1.807) is 12.1 Å². The standard InChI is InChI=1S/C20H15NO/c1-2-19(21-20(22)16-10-4-3-5-11-16)18-14-8-12-15-9-6-7-13-17(15)18/h1,3-14,19H,(H,21,22). The molecule has 0 radical (unpaired) electrons. The van der Waals surface area contributed by atoms with Crippen LogP contribution in [-0.2, 0) is 0 Å². The van der Waals surface area contributed by atoms with Crippen LogP contribution in [0.5, 0.6) is 0 Å². The minimum atomic E-state index is -0.459. The van der Waals surface area contributed by atoms with E-state index < -0.39 is 6.04 Å². The molecule has 106 valence electrons. The minimum absolute atomic E-state index is 0.170. The van der Waals surface area contributed by atoms with Gasteiger partial charge in [-0.1, -0.05) is 66.6 Å². The van der Waals surface area contributed by atoms with Gasteiger partial charge in [-0.3, -0.25) is 4.79 Å². The van der Waals surface area contributed by atoms with Crippen LogP contribution >= 0.6 is 0 Å². The van der Waals surface area contributed by atoms with E-state index in [-0.39, 0.29) is 5.91 Å². The summed E-state index contributed by atoms with van der Waals surface area (Å²) in [4.78, 5) is 12.3. The maximum absolute atomic E-state index is 12.3. The summed E-state index contributed by atoms with van der Waals surface area (Å²) >= 11 is 0. The van der Waals surface area contributed by atoms with E-state index in [9.17, 15) is 4.79 Å². The van der Waals surface area contributed by atoms with Crippen LogP contribution in [0.15, 0.2) is 72.8 Å². The van der Waals surface area contributed by atoms with Gasteiger partial charge in [0.2, 0.25) is 0 Å². The first-order valence-electron chi connectivity index (χ1n) is 7.09. The van der Waals surface area contributed by atoms with E-state index in [0.29, 0.717) is 5.56 Å². The Morgan fingerprint density at radius 3 is 2.36 bits per heavy atom. The molecule has 1 N–H and O–H groups in total. The molecule has 2 heteroatoms. The van der Waals surface area contributed by atoms with E-state index in [1.165, 1.54) is 0 Å². The lowest BCUT2D eigenvalue weighted by atomic mass is 9.99. The Morgan fingerprint density at radius 1 is 0.909 bits per heavy atom. The summed E-state index contributed by atoms with van der Waals surface area (Å²) in [6.07, 6.45) is 5.66. The lowest BCUT2D eigenvalue weighted by molar-refractivity contribution is 0.0945. The van der Waals surface area contributed by atoms with Crippen molar-refractivity contribution in [2.45, 2.75) is 6.04 Å². The molecule has 0 saturated carbocycles. The van der Waals surface area contributed by atoms with Gasteiger partial charge in [-0.05, 0) is 28.5 Å². The van der Waals surface area contributed by atoms with Crippen molar-refractivity contribution in [1.29, 1.82) is 0 Å². The highest BCUT2D eigenvalue weighted by atomic mass is 16.1. The molecule has 2 nitrogen and oxygen atoms in total. The number of carbonyl (C=O) groups is 1. The normalized spacial score (nSPS) is 11.6. The number of terminal acetylenes is 1. The molecule has 0 aliphatic heterocycles. The number of nitrogens with one attached hydrogen (secondary N) is 1. The highest BCUT2D eigenvalue weighted by molar-refractivity contribution is 5.95. The summed E-state index contributed by atoms with van der Waals surface area (Å²) in [5.74, 6) is 2.51. The fourth-order valence-corrected chi connectivity index (χ4v) is 2.52. The van der Waals surface area contributed by atoms with E-state index in [2.05, 4.69) is 11.2 Å². The predicted octanol–water partition coefficient (Wildman–Crippen LogP) is 3.94. The average molecular weight is 285 g/mol. The SMILES string of the molecule is C#CC(NC(=O)c1ccccc1)c1cccc2ccccc12. The van der Waals surface area contributed by atoms with Gasteiger partial charge in [0, 0.05) is 5.56 Å². The van der Waals surface area contributed by atoms with Crippen molar-refractivity contribution in [2.24, 2.45) is 0 Å². The fourth-order valence-electron chi connectivity index (χ4n) is 2.52. The Hall–Kier alpha value is -3.05. The minimum Gasteiger partial charge on any atom is -0.334 e. The summed E-state index contributed by atoms with van der Waals surface area (Å²) in [5.41, 5.74) is 1.54. The second kappa shape index (κ2) is 6.15. The van der Waals surface area contributed by atoms with Crippen LogP contribution in [0.1, 0.15) is 22.0 Å². The zero-order valence-electron chi connectivity index (χ0n) is 12.0. The number of amides is 1. The lowest BCUT2D eigenvalue weighted by Gasteiger charge is -2.16. The van der Waals surface area contributed by atoms with Crippen molar-refractivity contribution in [3.63, 3.8) is 0 Å². The fraction of sp³-hybridized carbons (Fsp3) is 0.0500. The summed E-state index contributed by atoms with van der Waals surface area (Å²) in [5, 5.41) is 5.08.